The van der Waals surface area contributed by atoms with Gasteiger partial charge in [-0.25, -0.2) is 8.42 Å². The summed E-state index contributed by atoms with van der Waals surface area (Å²) in [7, 11) is -2.09. The van der Waals surface area contributed by atoms with Crippen molar-refractivity contribution in [1.82, 2.24) is 4.31 Å². The van der Waals surface area contributed by atoms with Gasteiger partial charge in [0.15, 0.2) is 5.78 Å². The second-order valence-corrected chi connectivity index (χ2v) is 8.47. The average Bonchev–Trinajstić information content (AvgIpc) is 2.67. The van der Waals surface area contributed by atoms with E-state index in [1.165, 1.54) is 4.31 Å². The molecule has 0 radical (unpaired) electrons. The highest BCUT2D eigenvalue weighted by Crippen LogP contribution is 2.29. The molecule has 1 aliphatic rings. The Labute approximate surface area is 154 Å². The molecule has 0 aromatic heterocycles. The molecule has 26 heavy (non-hydrogen) atoms. The Morgan fingerprint density at radius 2 is 1.88 bits per heavy atom. The van der Waals surface area contributed by atoms with Crippen LogP contribution in [0.2, 0.25) is 0 Å². The molecule has 2 aromatic rings. The van der Waals surface area contributed by atoms with Gasteiger partial charge in [-0.15, -0.1) is 0 Å². The lowest BCUT2D eigenvalue weighted by Gasteiger charge is -2.31. The topological polar surface area (TPSA) is 63.7 Å². The molecule has 1 unspecified atom stereocenters. The molecule has 2 aromatic carbocycles. The Kier molecular flexibility index (Phi) is 5.44. The number of methoxy groups -OCH3 is 1. The highest BCUT2D eigenvalue weighted by atomic mass is 32.2. The minimum atomic E-state index is -3.64. The Balaban J connectivity index is 1.83. The molecule has 1 atom stereocenters. The predicted octanol–water partition coefficient (Wildman–Crippen LogP) is 3.29. The summed E-state index contributed by atoms with van der Waals surface area (Å²) in [5.74, 6) is 0.327. The Morgan fingerprint density at radius 1 is 1.15 bits per heavy atom. The first-order valence-electron chi connectivity index (χ1n) is 8.67. The molecular weight excluding hydrogens is 350 g/mol. The fourth-order valence-electron chi connectivity index (χ4n) is 3.39. The number of Topliss-reactive ketones (excluding diaryl/α,β-unsaturated/α-hetero) is 1. The Bertz CT molecular complexity index is 893. The molecule has 1 aliphatic heterocycles. The number of hydrogen-bond donors (Lipinski definition) is 0. The van der Waals surface area contributed by atoms with Crippen molar-refractivity contribution in [2.24, 2.45) is 5.92 Å². The number of ketones is 1. The van der Waals surface area contributed by atoms with E-state index in [0.29, 0.717) is 36.3 Å². The van der Waals surface area contributed by atoms with Crippen LogP contribution < -0.4 is 4.74 Å². The second kappa shape index (κ2) is 7.60. The fraction of sp³-hybridized carbons (Fsp3) is 0.350. The van der Waals surface area contributed by atoms with Crippen LogP contribution in [-0.2, 0) is 10.0 Å². The van der Waals surface area contributed by atoms with E-state index in [1.54, 1.807) is 44.4 Å². The lowest BCUT2D eigenvalue weighted by Crippen LogP contribution is -2.42. The summed E-state index contributed by atoms with van der Waals surface area (Å²) in [4.78, 5) is 13.0. The molecule has 5 nitrogen and oxygen atoms in total. The summed E-state index contributed by atoms with van der Waals surface area (Å²) in [5.41, 5.74) is 1.28. The Morgan fingerprint density at radius 3 is 2.54 bits per heavy atom. The van der Waals surface area contributed by atoms with Crippen molar-refractivity contribution in [3.63, 3.8) is 0 Å². The SMILES string of the molecule is COc1ccc(S(=O)(=O)N2CCCC(C(=O)c3ccccc3)C2)c(C)c1. The van der Waals surface area contributed by atoms with E-state index in [-0.39, 0.29) is 23.1 Å². The largest absolute Gasteiger partial charge is 0.497 e. The van der Waals surface area contributed by atoms with Crippen LogP contribution in [-0.4, -0.2) is 38.7 Å². The maximum Gasteiger partial charge on any atom is 0.243 e. The van der Waals surface area contributed by atoms with Crippen molar-refractivity contribution in [2.75, 3.05) is 20.2 Å². The van der Waals surface area contributed by atoms with Crippen LogP contribution >= 0.6 is 0 Å². The highest BCUT2D eigenvalue weighted by Gasteiger charge is 2.34. The third-order valence-corrected chi connectivity index (χ3v) is 6.84. The molecule has 0 N–H and O–H groups in total. The number of piperidine rings is 1. The molecule has 0 aliphatic carbocycles. The number of nitrogens with zero attached hydrogens (tertiary/aromatic N) is 1. The molecule has 0 bridgehead atoms. The van der Waals surface area contributed by atoms with E-state index >= 15 is 0 Å². The quantitative estimate of drug-likeness (QED) is 0.755. The van der Waals surface area contributed by atoms with Gasteiger partial charge in [-0.2, -0.15) is 4.31 Å². The molecule has 1 fully saturated rings. The molecule has 0 saturated carbocycles. The van der Waals surface area contributed by atoms with Crippen molar-refractivity contribution < 1.29 is 17.9 Å². The molecule has 3 rings (SSSR count). The van der Waals surface area contributed by atoms with Gasteiger partial charge in [0.1, 0.15) is 5.75 Å². The molecular formula is C20H23NO4S. The first-order valence-corrected chi connectivity index (χ1v) is 10.1. The predicted molar refractivity (Wildman–Crippen MR) is 100.0 cm³/mol. The van der Waals surface area contributed by atoms with Crippen LogP contribution in [0.3, 0.4) is 0 Å². The minimum Gasteiger partial charge on any atom is -0.497 e. The van der Waals surface area contributed by atoms with Gasteiger partial charge < -0.3 is 4.74 Å². The monoisotopic (exact) mass is 373 g/mol. The van der Waals surface area contributed by atoms with E-state index in [4.69, 9.17) is 4.74 Å². The number of rotatable bonds is 5. The zero-order valence-electron chi connectivity index (χ0n) is 15.0. The van der Waals surface area contributed by atoms with Gasteiger partial charge in [-0.1, -0.05) is 30.3 Å². The standard InChI is InChI=1S/C20H23NO4S/c1-15-13-18(25-2)10-11-19(15)26(23,24)21-12-6-9-17(14-21)20(22)16-7-4-3-5-8-16/h3-5,7-8,10-11,13,17H,6,9,12,14H2,1-2H3. The Hall–Kier alpha value is -2.18. The number of aryl methyl sites for hydroxylation is 1. The summed E-state index contributed by atoms with van der Waals surface area (Å²) in [6.07, 6.45) is 1.39. The fourth-order valence-corrected chi connectivity index (χ4v) is 5.12. The summed E-state index contributed by atoms with van der Waals surface area (Å²) in [6, 6.07) is 14.0. The number of benzene rings is 2. The maximum atomic E-state index is 13.1. The zero-order valence-corrected chi connectivity index (χ0v) is 15.8. The van der Waals surface area contributed by atoms with Crippen molar-refractivity contribution >= 4 is 15.8 Å². The maximum absolute atomic E-state index is 13.1. The van der Waals surface area contributed by atoms with Crippen LogP contribution in [0.4, 0.5) is 0 Å². The number of ether oxygens (including phenoxy) is 1. The molecule has 138 valence electrons. The van der Waals surface area contributed by atoms with Gasteiger partial charge in [0.05, 0.1) is 12.0 Å². The molecule has 6 heteroatoms. The van der Waals surface area contributed by atoms with Crippen molar-refractivity contribution in [1.29, 1.82) is 0 Å². The number of hydrogen-bond acceptors (Lipinski definition) is 4. The van der Waals surface area contributed by atoms with E-state index < -0.39 is 10.0 Å². The number of sulfonamides is 1. The highest BCUT2D eigenvalue weighted by molar-refractivity contribution is 7.89. The van der Waals surface area contributed by atoms with E-state index in [1.807, 2.05) is 18.2 Å². The minimum absolute atomic E-state index is 0.0111. The van der Waals surface area contributed by atoms with Gasteiger partial charge in [0.25, 0.3) is 0 Å². The first-order chi connectivity index (χ1) is 12.4. The van der Waals surface area contributed by atoms with Crippen molar-refractivity contribution in [3.05, 3.63) is 59.7 Å². The van der Waals surface area contributed by atoms with Gasteiger partial charge in [0, 0.05) is 24.6 Å². The normalized spacial score (nSPS) is 18.5. The van der Waals surface area contributed by atoms with Gasteiger partial charge in [0.2, 0.25) is 10.0 Å². The van der Waals surface area contributed by atoms with Gasteiger partial charge in [-0.05, 0) is 43.5 Å². The molecule has 0 amide bonds. The third-order valence-electron chi connectivity index (χ3n) is 4.81. The summed E-state index contributed by atoms with van der Waals surface area (Å²) in [6.45, 7) is 2.42. The van der Waals surface area contributed by atoms with Crippen LogP contribution in [0.5, 0.6) is 5.75 Å². The second-order valence-electron chi connectivity index (χ2n) is 6.56. The third kappa shape index (κ3) is 3.66. The van der Waals surface area contributed by atoms with E-state index in [2.05, 4.69) is 0 Å². The number of carbonyl (C=O) groups is 1. The van der Waals surface area contributed by atoms with Crippen molar-refractivity contribution in [2.45, 2.75) is 24.7 Å². The smallest absolute Gasteiger partial charge is 0.243 e. The van der Waals surface area contributed by atoms with Crippen LogP contribution in [0.15, 0.2) is 53.4 Å². The molecule has 0 spiro atoms. The average molecular weight is 373 g/mol. The summed E-state index contributed by atoms with van der Waals surface area (Å²) in [5, 5.41) is 0. The van der Waals surface area contributed by atoms with Crippen LogP contribution in [0.25, 0.3) is 0 Å². The van der Waals surface area contributed by atoms with E-state index in [0.717, 1.165) is 0 Å². The van der Waals surface area contributed by atoms with Gasteiger partial charge in [-0.3, -0.25) is 4.79 Å². The summed E-state index contributed by atoms with van der Waals surface area (Å²) < 4.78 is 32.8. The van der Waals surface area contributed by atoms with Crippen LogP contribution in [0.1, 0.15) is 28.8 Å². The summed E-state index contributed by atoms with van der Waals surface area (Å²) >= 11 is 0. The zero-order chi connectivity index (χ0) is 18.7. The number of carbonyl (C=O) groups excluding carboxylic acids is 1. The van der Waals surface area contributed by atoms with Gasteiger partial charge >= 0.3 is 0 Å². The van der Waals surface area contributed by atoms with Crippen molar-refractivity contribution in [3.8, 4) is 5.75 Å². The lowest BCUT2D eigenvalue weighted by atomic mass is 9.91. The molecule has 1 saturated heterocycles. The first kappa shape index (κ1) is 18.6. The molecule has 1 heterocycles. The van der Waals surface area contributed by atoms with E-state index in [9.17, 15) is 13.2 Å². The lowest BCUT2D eigenvalue weighted by molar-refractivity contribution is 0.0872. The van der Waals surface area contributed by atoms with Crippen LogP contribution in [0, 0.1) is 12.8 Å².